The Bertz CT molecular complexity index is 1350. The number of nitrogens with zero attached hydrogens (tertiary/aromatic N) is 3. The van der Waals surface area contributed by atoms with Gasteiger partial charge in [0.2, 0.25) is 6.79 Å². The number of rotatable bonds is 5. The second kappa shape index (κ2) is 9.38. The van der Waals surface area contributed by atoms with Crippen molar-refractivity contribution in [2.75, 3.05) is 20.4 Å². The average molecular weight is 494 g/mol. The van der Waals surface area contributed by atoms with Gasteiger partial charge in [0.05, 0.1) is 11.8 Å². The summed E-state index contributed by atoms with van der Waals surface area (Å²) in [5.74, 6) is -0.141. The third-order valence-electron chi connectivity index (χ3n) is 5.92. The quantitative estimate of drug-likeness (QED) is 0.518. The van der Waals surface area contributed by atoms with Gasteiger partial charge in [-0.05, 0) is 42.0 Å². The molecule has 0 aliphatic carbocycles. The van der Waals surface area contributed by atoms with Crippen LogP contribution in [0, 0.1) is 5.82 Å². The number of fused-ring (bicyclic) bond motifs is 1. The number of ether oxygens (including phenoxy) is 2. The third kappa shape index (κ3) is 4.57. The van der Waals surface area contributed by atoms with E-state index in [2.05, 4.69) is 5.10 Å². The predicted molar refractivity (Wildman–Crippen MR) is 128 cm³/mol. The van der Waals surface area contributed by atoms with E-state index < -0.39 is 17.8 Å². The highest BCUT2D eigenvalue weighted by molar-refractivity contribution is 6.34. The van der Waals surface area contributed by atoms with Gasteiger partial charge in [-0.1, -0.05) is 41.9 Å². The number of benzene rings is 3. The van der Waals surface area contributed by atoms with Gasteiger partial charge in [-0.25, -0.2) is 9.40 Å². The molecular weight excluding hydrogens is 473 g/mol. The molecule has 0 N–H and O–H groups in total. The minimum Gasteiger partial charge on any atom is -0.454 e. The number of halogens is 2. The zero-order valence-electron chi connectivity index (χ0n) is 18.8. The van der Waals surface area contributed by atoms with E-state index in [9.17, 15) is 14.0 Å². The molecule has 0 bridgehead atoms. The van der Waals surface area contributed by atoms with Crippen LogP contribution < -0.4 is 9.47 Å². The van der Waals surface area contributed by atoms with Gasteiger partial charge in [-0.2, -0.15) is 5.10 Å². The van der Waals surface area contributed by atoms with E-state index >= 15 is 0 Å². The molecule has 1 atom stereocenters. The van der Waals surface area contributed by atoms with Crippen molar-refractivity contribution in [3.8, 4) is 11.5 Å². The normalized spacial score (nSPS) is 16.3. The van der Waals surface area contributed by atoms with Crippen molar-refractivity contribution in [2.24, 2.45) is 5.10 Å². The smallest absolute Gasteiger partial charge is 0.262 e. The molecule has 2 heterocycles. The lowest BCUT2D eigenvalue weighted by molar-refractivity contribution is -0.133. The zero-order chi connectivity index (χ0) is 24.5. The van der Waals surface area contributed by atoms with Crippen molar-refractivity contribution in [3.63, 3.8) is 0 Å². The minimum atomic E-state index is -0.521. The second-order valence-electron chi connectivity index (χ2n) is 8.27. The van der Waals surface area contributed by atoms with Crippen LogP contribution in [0.5, 0.6) is 11.5 Å². The average Bonchev–Trinajstić information content (AvgIpc) is 3.50. The van der Waals surface area contributed by atoms with E-state index in [0.717, 1.165) is 17.2 Å². The highest BCUT2D eigenvalue weighted by atomic mass is 35.5. The van der Waals surface area contributed by atoms with Crippen molar-refractivity contribution in [3.05, 3.63) is 94.3 Å². The Morgan fingerprint density at radius 2 is 1.89 bits per heavy atom. The van der Waals surface area contributed by atoms with E-state index in [1.54, 1.807) is 12.1 Å². The molecule has 7 nitrogen and oxygen atoms in total. The third-order valence-corrected chi connectivity index (χ3v) is 6.25. The van der Waals surface area contributed by atoms with Crippen LogP contribution in [0.25, 0.3) is 0 Å². The molecule has 35 heavy (non-hydrogen) atoms. The first-order chi connectivity index (χ1) is 16.9. The molecule has 0 radical (unpaired) electrons. The summed E-state index contributed by atoms with van der Waals surface area (Å²) in [5, 5.41) is 6.53. The lowest BCUT2D eigenvalue weighted by atomic mass is 9.98. The molecule has 9 heteroatoms. The van der Waals surface area contributed by atoms with E-state index in [1.165, 1.54) is 35.2 Å². The molecule has 0 saturated heterocycles. The van der Waals surface area contributed by atoms with Gasteiger partial charge in [0.1, 0.15) is 12.4 Å². The van der Waals surface area contributed by atoms with Gasteiger partial charge >= 0.3 is 0 Å². The van der Waals surface area contributed by atoms with Gasteiger partial charge in [0.25, 0.3) is 11.8 Å². The molecule has 2 amide bonds. The fraction of sp³-hybridized carbons (Fsp3) is 0.192. The van der Waals surface area contributed by atoms with Crippen molar-refractivity contribution in [1.29, 1.82) is 0 Å². The summed E-state index contributed by atoms with van der Waals surface area (Å²) in [6.45, 7) is -0.101. The maximum Gasteiger partial charge on any atom is 0.262 e. The molecule has 3 aromatic rings. The number of hydrogen-bond acceptors (Lipinski definition) is 5. The van der Waals surface area contributed by atoms with Crippen LogP contribution in [0.4, 0.5) is 4.39 Å². The summed E-state index contributed by atoms with van der Waals surface area (Å²) < 4.78 is 24.5. The molecule has 2 aliphatic heterocycles. The highest BCUT2D eigenvalue weighted by Crippen LogP contribution is 2.39. The zero-order valence-corrected chi connectivity index (χ0v) is 19.5. The summed E-state index contributed by atoms with van der Waals surface area (Å²) in [4.78, 5) is 27.4. The summed E-state index contributed by atoms with van der Waals surface area (Å²) >= 11 is 6.40. The van der Waals surface area contributed by atoms with E-state index in [1.807, 2.05) is 30.3 Å². The molecule has 5 rings (SSSR count). The Kier molecular flexibility index (Phi) is 6.13. The van der Waals surface area contributed by atoms with Crippen LogP contribution in [0.2, 0.25) is 5.02 Å². The number of likely N-dealkylation sites (N-methyl/N-ethyl adjacent to an activating group) is 1. The summed E-state index contributed by atoms with van der Waals surface area (Å²) in [6, 6.07) is 17.7. The monoisotopic (exact) mass is 493 g/mol. The molecule has 0 saturated carbocycles. The molecule has 0 aromatic heterocycles. The van der Waals surface area contributed by atoms with Crippen LogP contribution in [0.3, 0.4) is 0 Å². The Hall–Kier alpha value is -3.91. The van der Waals surface area contributed by atoms with E-state index in [4.69, 9.17) is 21.1 Å². The first-order valence-corrected chi connectivity index (χ1v) is 11.3. The standard InChI is InChI=1S/C26H21ClFN3O4/c1-30(26(33)17-5-4-6-18(28)11-17)14-25(32)31-22(16-9-10-23-24(12-16)35-15-34-23)13-21(29-31)19-7-2-3-8-20(19)27/h2-12,22H,13-15H2,1H3/t22-/m1/s1. The van der Waals surface area contributed by atoms with Gasteiger partial charge in [0.15, 0.2) is 11.5 Å². The number of carbonyl (C=O) groups is 2. The number of amides is 2. The summed E-state index contributed by atoms with van der Waals surface area (Å²) in [6.07, 6.45) is 0.427. The van der Waals surface area contributed by atoms with Gasteiger partial charge in [-0.15, -0.1) is 0 Å². The molecular formula is C26H21ClFN3O4. The van der Waals surface area contributed by atoms with E-state index in [0.29, 0.717) is 28.7 Å². The molecule has 2 aliphatic rings. The van der Waals surface area contributed by atoms with E-state index in [-0.39, 0.29) is 24.8 Å². The topological polar surface area (TPSA) is 71.4 Å². The Morgan fingerprint density at radius 1 is 1.09 bits per heavy atom. The molecule has 0 fully saturated rings. The predicted octanol–water partition coefficient (Wildman–Crippen LogP) is 4.66. The molecule has 178 valence electrons. The maximum absolute atomic E-state index is 13.6. The highest BCUT2D eigenvalue weighted by Gasteiger charge is 2.35. The minimum absolute atomic E-state index is 0.139. The van der Waals surface area contributed by atoms with Gasteiger partial charge in [0, 0.05) is 29.6 Å². The fourth-order valence-corrected chi connectivity index (χ4v) is 4.41. The van der Waals surface area contributed by atoms with Crippen LogP contribution in [-0.4, -0.2) is 47.8 Å². The molecule has 0 spiro atoms. The lowest BCUT2D eigenvalue weighted by Crippen LogP contribution is -2.39. The first-order valence-electron chi connectivity index (χ1n) is 11.0. The Labute approximate surface area is 206 Å². The second-order valence-corrected chi connectivity index (χ2v) is 8.68. The van der Waals surface area contributed by atoms with Crippen molar-refractivity contribution < 1.29 is 23.5 Å². The number of carbonyl (C=O) groups excluding carboxylic acids is 2. The maximum atomic E-state index is 13.6. The largest absolute Gasteiger partial charge is 0.454 e. The van der Waals surface area contributed by atoms with Crippen molar-refractivity contribution in [2.45, 2.75) is 12.5 Å². The first kappa shape index (κ1) is 22.9. The lowest BCUT2D eigenvalue weighted by Gasteiger charge is -2.25. The Morgan fingerprint density at radius 3 is 2.69 bits per heavy atom. The number of hydrogen-bond donors (Lipinski definition) is 0. The van der Waals surface area contributed by atoms with Crippen molar-refractivity contribution in [1.82, 2.24) is 9.91 Å². The van der Waals surface area contributed by atoms with Gasteiger partial charge < -0.3 is 14.4 Å². The number of hydrazone groups is 1. The van der Waals surface area contributed by atoms with Crippen LogP contribution in [-0.2, 0) is 4.79 Å². The van der Waals surface area contributed by atoms with Crippen LogP contribution in [0.1, 0.15) is 33.9 Å². The van der Waals surface area contributed by atoms with Gasteiger partial charge in [-0.3, -0.25) is 9.59 Å². The summed E-state index contributed by atoms with van der Waals surface area (Å²) in [7, 11) is 1.50. The fourth-order valence-electron chi connectivity index (χ4n) is 4.17. The Balaban J connectivity index is 1.43. The van der Waals surface area contributed by atoms with Crippen LogP contribution in [0.15, 0.2) is 71.8 Å². The van der Waals surface area contributed by atoms with Crippen LogP contribution >= 0.6 is 11.6 Å². The molecule has 0 unspecified atom stereocenters. The van der Waals surface area contributed by atoms with Crippen molar-refractivity contribution >= 4 is 29.1 Å². The molecule has 3 aromatic carbocycles. The SMILES string of the molecule is CN(CC(=O)N1N=C(c2ccccc2Cl)C[C@@H]1c1ccc2c(c1)OCO2)C(=O)c1cccc(F)c1. The summed E-state index contributed by atoms with van der Waals surface area (Å²) in [5.41, 5.74) is 2.37.